The Kier molecular flexibility index (Phi) is 7.01. The van der Waals surface area contributed by atoms with Gasteiger partial charge >= 0.3 is 0 Å². The number of thioether (sulfide) groups is 1. The van der Waals surface area contributed by atoms with Gasteiger partial charge < -0.3 is 24.3 Å². The number of carbonyl (C=O) groups excluding carboxylic acids is 1. The van der Waals surface area contributed by atoms with Gasteiger partial charge in [-0.05, 0) is 36.8 Å². The first kappa shape index (κ1) is 19.6. The summed E-state index contributed by atoms with van der Waals surface area (Å²) < 4.78 is 11.1. The first-order chi connectivity index (χ1) is 13.2. The third kappa shape index (κ3) is 5.40. The second kappa shape index (κ2) is 9.67. The molecule has 1 unspecified atom stereocenters. The fraction of sp³-hybridized carbons (Fsp3) is 0.381. The van der Waals surface area contributed by atoms with Crippen molar-refractivity contribution >= 4 is 23.4 Å². The SMILES string of the molecule is CCOC(Cc1ccc(OCCN2CCSc3ccccc32)cc1)C(=O)[O-]. The summed E-state index contributed by atoms with van der Waals surface area (Å²) in [5, 5.41) is 11.1. The highest BCUT2D eigenvalue weighted by Gasteiger charge is 2.16. The first-order valence-corrected chi connectivity index (χ1v) is 10.2. The van der Waals surface area contributed by atoms with Crippen molar-refractivity contribution in [2.75, 3.05) is 37.0 Å². The highest BCUT2D eigenvalue weighted by Crippen LogP contribution is 2.33. The van der Waals surface area contributed by atoms with Crippen molar-refractivity contribution in [3.8, 4) is 5.75 Å². The van der Waals surface area contributed by atoms with Gasteiger partial charge in [-0.3, -0.25) is 0 Å². The van der Waals surface area contributed by atoms with E-state index in [1.54, 1.807) is 6.92 Å². The van der Waals surface area contributed by atoms with Crippen LogP contribution in [0.1, 0.15) is 12.5 Å². The monoisotopic (exact) mass is 386 g/mol. The fourth-order valence-corrected chi connectivity index (χ4v) is 4.13. The quantitative estimate of drug-likeness (QED) is 0.659. The minimum absolute atomic E-state index is 0.290. The lowest BCUT2D eigenvalue weighted by Gasteiger charge is -2.30. The van der Waals surface area contributed by atoms with Gasteiger partial charge in [-0.25, -0.2) is 0 Å². The van der Waals surface area contributed by atoms with E-state index in [1.807, 2.05) is 36.0 Å². The van der Waals surface area contributed by atoms with Crippen molar-refractivity contribution in [1.29, 1.82) is 0 Å². The van der Waals surface area contributed by atoms with Crippen LogP contribution in [0.2, 0.25) is 0 Å². The molecule has 0 radical (unpaired) electrons. The van der Waals surface area contributed by atoms with Gasteiger partial charge in [0.15, 0.2) is 0 Å². The number of para-hydroxylation sites is 1. The number of rotatable bonds is 9. The van der Waals surface area contributed by atoms with Crippen molar-refractivity contribution < 1.29 is 19.4 Å². The average molecular weight is 386 g/mol. The molecular formula is C21H24NO4S-. The number of aliphatic carboxylic acids is 1. The van der Waals surface area contributed by atoms with Gasteiger partial charge in [-0.2, -0.15) is 0 Å². The van der Waals surface area contributed by atoms with Gasteiger partial charge in [0.1, 0.15) is 18.5 Å². The number of fused-ring (bicyclic) bond motifs is 1. The molecule has 3 rings (SSSR count). The molecule has 0 saturated heterocycles. The van der Waals surface area contributed by atoms with Crippen molar-refractivity contribution in [3.63, 3.8) is 0 Å². The van der Waals surface area contributed by atoms with E-state index in [2.05, 4.69) is 29.2 Å². The van der Waals surface area contributed by atoms with Crippen LogP contribution in [0.25, 0.3) is 0 Å². The number of carboxylic acid groups (broad SMARTS) is 1. The first-order valence-electron chi connectivity index (χ1n) is 9.18. The average Bonchev–Trinajstić information content (AvgIpc) is 2.69. The van der Waals surface area contributed by atoms with Crippen LogP contribution in [0.4, 0.5) is 5.69 Å². The van der Waals surface area contributed by atoms with Gasteiger partial charge in [-0.15, -0.1) is 11.8 Å². The maximum Gasteiger partial charge on any atom is 0.119 e. The summed E-state index contributed by atoms with van der Waals surface area (Å²) in [5.74, 6) is 0.683. The Bertz CT molecular complexity index is 750. The summed E-state index contributed by atoms with van der Waals surface area (Å²) in [7, 11) is 0. The minimum Gasteiger partial charge on any atom is -0.547 e. The number of hydrogen-bond acceptors (Lipinski definition) is 6. The second-order valence-electron chi connectivity index (χ2n) is 6.26. The van der Waals surface area contributed by atoms with Crippen LogP contribution in [-0.4, -0.2) is 44.1 Å². The smallest absolute Gasteiger partial charge is 0.119 e. The zero-order valence-corrected chi connectivity index (χ0v) is 16.2. The molecule has 0 amide bonds. The molecule has 5 nitrogen and oxygen atoms in total. The van der Waals surface area contributed by atoms with E-state index in [0.29, 0.717) is 19.6 Å². The molecule has 2 aromatic rings. The number of hydrogen-bond donors (Lipinski definition) is 0. The van der Waals surface area contributed by atoms with Gasteiger partial charge in [-0.1, -0.05) is 24.3 Å². The zero-order chi connectivity index (χ0) is 19.1. The molecule has 0 spiro atoms. The third-order valence-electron chi connectivity index (χ3n) is 4.43. The van der Waals surface area contributed by atoms with Gasteiger partial charge in [0.2, 0.25) is 0 Å². The van der Waals surface area contributed by atoms with Crippen molar-refractivity contribution in [2.45, 2.75) is 24.3 Å². The number of carbonyl (C=O) groups is 1. The number of anilines is 1. The third-order valence-corrected chi connectivity index (χ3v) is 5.47. The van der Waals surface area contributed by atoms with Gasteiger partial charge in [0, 0.05) is 30.2 Å². The minimum atomic E-state index is -1.18. The Labute approximate surface area is 164 Å². The van der Waals surface area contributed by atoms with Crippen LogP contribution in [0.5, 0.6) is 5.75 Å². The van der Waals surface area contributed by atoms with E-state index < -0.39 is 12.1 Å². The standard InChI is InChI=1S/C21H25NO4S/c1-2-25-19(21(23)24)15-16-7-9-17(10-8-16)26-13-11-22-12-14-27-20-6-4-3-5-18(20)22/h3-10,19H,2,11-15H2,1H3,(H,23,24)/p-1. The largest absolute Gasteiger partial charge is 0.547 e. The van der Waals surface area contributed by atoms with E-state index in [1.165, 1.54) is 10.6 Å². The highest BCUT2D eigenvalue weighted by molar-refractivity contribution is 7.99. The molecule has 0 saturated carbocycles. The van der Waals surface area contributed by atoms with Crippen molar-refractivity contribution in [3.05, 3.63) is 54.1 Å². The molecule has 2 aromatic carbocycles. The summed E-state index contributed by atoms with van der Waals surface area (Å²) in [6.07, 6.45) is -0.627. The molecule has 1 aliphatic heterocycles. The lowest BCUT2D eigenvalue weighted by molar-refractivity contribution is -0.316. The second-order valence-corrected chi connectivity index (χ2v) is 7.40. The summed E-state index contributed by atoms with van der Waals surface area (Å²) in [6.45, 7) is 4.56. The molecule has 0 aliphatic carbocycles. The number of benzene rings is 2. The maximum absolute atomic E-state index is 11.1. The maximum atomic E-state index is 11.1. The number of ether oxygens (including phenoxy) is 2. The van der Waals surface area contributed by atoms with Gasteiger partial charge in [0.25, 0.3) is 0 Å². The summed E-state index contributed by atoms with van der Waals surface area (Å²) in [6, 6.07) is 15.9. The predicted octanol–water partition coefficient (Wildman–Crippen LogP) is 2.38. The Balaban J connectivity index is 1.50. The molecule has 0 N–H and O–H groups in total. The summed E-state index contributed by atoms with van der Waals surface area (Å²) in [5.41, 5.74) is 2.16. The molecule has 0 fully saturated rings. The number of nitrogens with zero attached hydrogens (tertiary/aromatic N) is 1. The predicted molar refractivity (Wildman–Crippen MR) is 105 cm³/mol. The highest BCUT2D eigenvalue weighted by atomic mass is 32.2. The fourth-order valence-electron chi connectivity index (χ4n) is 3.08. The van der Waals surface area contributed by atoms with Crippen molar-refractivity contribution in [1.82, 2.24) is 0 Å². The topological polar surface area (TPSA) is 61.8 Å². The zero-order valence-electron chi connectivity index (χ0n) is 15.4. The molecule has 6 heteroatoms. The molecular weight excluding hydrogens is 362 g/mol. The van der Waals surface area contributed by atoms with E-state index in [4.69, 9.17) is 9.47 Å². The normalized spacial score (nSPS) is 14.5. The lowest BCUT2D eigenvalue weighted by atomic mass is 10.1. The lowest BCUT2D eigenvalue weighted by Crippen LogP contribution is -2.39. The van der Waals surface area contributed by atoms with Crippen LogP contribution < -0.4 is 14.7 Å². The van der Waals surface area contributed by atoms with E-state index in [9.17, 15) is 9.90 Å². The Morgan fingerprint density at radius 1 is 1.22 bits per heavy atom. The van der Waals surface area contributed by atoms with E-state index in [0.717, 1.165) is 30.2 Å². The molecule has 0 bridgehead atoms. The molecule has 1 heterocycles. The van der Waals surface area contributed by atoms with E-state index in [-0.39, 0.29) is 0 Å². The van der Waals surface area contributed by atoms with Crippen LogP contribution in [-0.2, 0) is 16.0 Å². The summed E-state index contributed by atoms with van der Waals surface area (Å²) in [4.78, 5) is 14.8. The van der Waals surface area contributed by atoms with Crippen LogP contribution >= 0.6 is 11.8 Å². The molecule has 27 heavy (non-hydrogen) atoms. The Hall–Kier alpha value is -2.18. The van der Waals surface area contributed by atoms with Crippen molar-refractivity contribution in [2.24, 2.45) is 0 Å². The van der Waals surface area contributed by atoms with Gasteiger partial charge in [0.05, 0.1) is 18.2 Å². The molecule has 0 aromatic heterocycles. The molecule has 144 valence electrons. The van der Waals surface area contributed by atoms with Crippen LogP contribution in [0.15, 0.2) is 53.4 Å². The van der Waals surface area contributed by atoms with E-state index >= 15 is 0 Å². The summed E-state index contributed by atoms with van der Waals surface area (Å²) >= 11 is 1.90. The Morgan fingerprint density at radius 2 is 2.00 bits per heavy atom. The Morgan fingerprint density at radius 3 is 2.74 bits per heavy atom. The van der Waals surface area contributed by atoms with Crippen LogP contribution in [0.3, 0.4) is 0 Å². The number of carboxylic acids is 1. The molecule has 1 atom stereocenters. The molecule has 1 aliphatic rings. The van der Waals surface area contributed by atoms with Crippen LogP contribution in [0, 0.1) is 0 Å².